The number of aryl methyl sites for hydroxylation is 2. The summed E-state index contributed by atoms with van der Waals surface area (Å²) in [5.74, 6) is 1.56. The summed E-state index contributed by atoms with van der Waals surface area (Å²) in [7, 11) is -3.23. The molecule has 2 aromatic carbocycles. The van der Waals surface area contributed by atoms with Crippen LogP contribution in [0.1, 0.15) is 63.6 Å². The second-order valence-electron chi connectivity index (χ2n) is 13.0. The topological polar surface area (TPSA) is 124 Å². The van der Waals surface area contributed by atoms with Crippen LogP contribution in [0, 0.1) is 13.8 Å². The van der Waals surface area contributed by atoms with Crippen LogP contribution in [0.2, 0.25) is 0 Å². The van der Waals surface area contributed by atoms with E-state index in [0.717, 1.165) is 40.3 Å². The van der Waals surface area contributed by atoms with Crippen LogP contribution in [0.25, 0.3) is 22.0 Å². The molecule has 0 radical (unpaired) electrons. The van der Waals surface area contributed by atoms with Gasteiger partial charge in [0.2, 0.25) is 11.8 Å². The third-order valence-corrected chi connectivity index (χ3v) is 9.50. The first-order chi connectivity index (χ1) is 21.8. The van der Waals surface area contributed by atoms with Gasteiger partial charge in [-0.25, -0.2) is 28.2 Å². The van der Waals surface area contributed by atoms with Crippen molar-refractivity contribution in [2.75, 3.05) is 24.2 Å². The molecular formula is C35H43N5O5S. The molecule has 1 N–H and O–H groups in total. The van der Waals surface area contributed by atoms with Gasteiger partial charge in [0, 0.05) is 36.9 Å². The molecule has 2 aromatic heterocycles. The minimum Gasteiger partial charge on any atom is -0.444 e. The van der Waals surface area contributed by atoms with Gasteiger partial charge in [-0.2, -0.15) is 0 Å². The quantitative estimate of drug-likeness (QED) is 0.201. The summed E-state index contributed by atoms with van der Waals surface area (Å²) < 4.78 is 37.5. The summed E-state index contributed by atoms with van der Waals surface area (Å²) in [4.78, 5) is 28.3. The Hall–Kier alpha value is -4.25. The number of hydrogen-bond donors (Lipinski definition) is 1. The van der Waals surface area contributed by atoms with E-state index in [9.17, 15) is 13.2 Å². The second kappa shape index (κ2) is 13.6. The Morgan fingerprint density at radius 3 is 2.65 bits per heavy atom. The van der Waals surface area contributed by atoms with Crippen LogP contribution >= 0.6 is 0 Å². The van der Waals surface area contributed by atoms with E-state index >= 15 is 0 Å². The molecule has 1 aliphatic rings. The maximum atomic E-state index is 12.7. The van der Waals surface area contributed by atoms with Gasteiger partial charge in [-0.05, 0) is 88.1 Å². The number of likely N-dealkylation sites (tertiary alicyclic amines) is 1. The lowest BCUT2D eigenvalue weighted by Gasteiger charge is -2.34. The molecule has 11 heteroatoms. The SMILES string of the molecule is CCCS(=O)(=O)Cc1cccc2c(Oc3ncc(C)cc3-c3ccnc(N[C@H]4CCCN(C(=O)OC(C)(C)C)C4)n3)c(C)ccc12. The first-order valence-electron chi connectivity index (χ1n) is 15.8. The maximum Gasteiger partial charge on any atom is 0.410 e. The molecular weight excluding hydrogens is 602 g/mol. The zero-order valence-electron chi connectivity index (χ0n) is 27.5. The summed E-state index contributed by atoms with van der Waals surface area (Å²) in [5, 5.41) is 5.05. The van der Waals surface area contributed by atoms with E-state index in [-0.39, 0.29) is 23.6 Å². The number of ether oxygens (including phenoxy) is 2. The Balaban J connectivity index is 1.42. The molecule has 0 spiro atoms. The average molecular weight is 646 g/mol. The molecule has 10 nitrogen and oxygen atoms in total. The number of pyridine rings is 1. The van der Waals surface area contributed by atoms with Crippen LogP contribution in [0.3, 0.4) is 0 Å². The van der Waals surface area contributed by atoms with Crippen LogP contribution in [-0.4, -0.2) is 64.8 Å². The Morgan fingerprint density at radius 1 is 1.09 bits per heavy atom. The molecule has 0 bridgehead atoms. The zero-order chi connectivity index (χ0) is 33.1. The molecule has 3 heterocycles. The minimum atomic E-state index is -3.23. The third-order valence-electron chi connectivity index (χ3n) is 7.71. The fraction of sp³-hybridized carbons (Fsp3) is 0.429. The van der Waals surface area contributed by atoms with Crippen molar-refractivity contribution in [2.45, 2.75) is 78.2 Å². The third kappa shape index (κ3) is 8.12. The molecule has 1 aliphatic heterocycles. The lowest BCUT2D eigenvalue weighted by molar-refractivity contribution is 0.0206. The number of amides is 1. The van der Waals surface area contributed by atoms with Gasteiger partial charge in [0.1, 0.15) is 11.4 Å². The molecule has 1 saturated heterocycles. The normalized spacial score (nSPS) is 15.5. The van der Waals surface area contributed by atoms with E-state index in [1.807, 2.05) is 84.0 Å². The van der Waals surface area contributed by atoms with Crippen molar-refractivity contribution < 1.29 is 22.7 Å². The van der Waals surface area contributed by atoms with Crippen molar-refractivity contribution in [1.82, 2.24) is 19.9 Å². The number of piperidine rings is 1. The maximum absolute atomic E-state index is 12.7. The zero-order valence-corrected chi connectivity index (χ0v) is 28.3. The molecule has 0 saturated carbocycles. The van der Waals surface area contributed by atoms with Gasteiger partial charge >= 0.3 is 6.09 Å². The van der Waals surface area contributed by atoms with Crippen molar-refractivity contribution >= 4 is 32.7 Å². The highest BCUT2D eigenvalue weighted by atomic mass is 32.2. The highest BCUT2D eigenvalue weighted by Gasteiger charge is 2.28. The van der Waals surface area contributed by atoms with Crippen molar-refractivity contribution in [3.8, 4) is 22.9 Å². The highest BCUT2D eigenvalue weighted by molar-refractivity contribution is 7.90. The number of aromatic nitrogens is 3. The molecule has 1 atom stereocenters. The van der Waals surface area contributed by atoms with Crippen LogP contribution in [0.4, 0.5) is 10.7 Å². The van der Waals surface area contributed by atoms with Gasteiger partial charge in [0.05, 0.1) is 22.8 Å². The number of carbonyl (C=O) groups excluding carboxylic acids is 1. The molecule has 5 rings (SSSR count). The number of anilines is 1. The van der Waals surface area contributed by atoms with Crippen molar-refractivity contribution in [1.29, 1.82) is 0 Å². The van der Waals surface area contributed by atoms with Crippen LogP contribution in [0.15, 0.2) is 54.9 Å². The molecule has 0 aliphatic carbocycles. The minimum absolute atomic E-state index is 0.0258. The lowest BCUT2D eigenvalue weighted by Crippen LogP contribution is -2.47. The van der Waals surface area contributed by atoms with E-state index in [4.69, 9.17) is 14.5 Å². The monoisotopic (exact) mass is 645 g/mol. The van der Waals surface area contributed by atoms with Gasteiger partial charge in [-0.1, -0.05) is 37.3 Å². The predicted molar refractivity (Wildman–Crippen MR) is 181 cm³/mol. The number of nitrogens with one attached hydrogen (secondary N) is 1. The fourth-order valence-electron chi connectivity index (χ4n) is 5.65. The van der Waals surface area contributed by atoms with Crippen LogP contribution < -0.4 is 10.1 Å². The van der Waals surface area contributed by atoms with Crippen molar-refractivity contribution in [2.24, 2.45) is 0 Å². The highest BCUT2D eigenvalue weighted by Crippen LogP contribution is 2.38. The number of benzene rings is 2. The number of fused-ring (bicyclic) bond motifs is 1. The summed E-state index contributed by atoms with van der Waals surface area (Å²) in [6.07, 6.45) is 5.41. The Morgan fingerprint density at radius 2 is 1.89 bits per heavy atom. The Kier molecular flexibility index (Phi) is 9.81. The Labute approximate surface area is 271 Å². The average Bonchev–Trinajstić information content (AvgIpc) is 2.98. The van der Waals surface area contributed by atoms with Gasteiger partial charge in [-0.15, -0.1) is 0 Å². The predicted octanol–water partition coefficient (Wildman–Crippen LogP) is 7.24. The van der Waals surface area contributed by atoms with Gasteiger partial charge in [0.15, 0.2) is 9.84 Å². The van der Waals surface area contributed by atoms with Gasteiger partial charge in [-0.3, -0.25) is 0 Å². The van der Waals surface area contributed by atoms with Crippen LogP contribution in [0.5, 0.6) is 11.6 Å². The summed E-state index contributed by atoms with van der Waals surface area (Å²) in [5.41, 5.74) is 3.35. The number of hydrogen-bond acceptors (Lipinski definition) is 9. The first-order valence-corrected chi connectivity index (χ1v) is 17.6. The Bertz CT molecular complexity index is 1840. The lowest BCUT2D eigenvalue weighted by atomic mass is 10.0. The van der Waals surface area contributed by atoms with Crippen molar-refractivity contribution in [3.05, 3.63) is 71.5 Å². The smallest absolute Gasteiger partial charge is 0.410 e. The standard InChI is InChI=1S/C35H43N5O5S/c1-7-18-46(42,43)22-25-10-8-12-28-27(25)14-13-24(3)31(28)44-32-29(19-23(2)20-37-32)30-15-16-36-33(39-30)38-26-11-9-17-40(21-26)34(41)45-35(4,5)6/h8,10,12-16,19-20,26H,7,9,11,17-18,21-22H2,1-6H3,(H,36,38,39)/t26-/m0/s1. The van der Waals surface area contributed by atoms with Crippen LogP contribution in [-0.2, 0) is 20.3 Å². The van der Waals surface area contributed by atoms with E-state index < -0.39 is 15.4 Å². The largest absolute Gasteiger partial charge is 0.444 e. The molecule has 244 valence electrons. The molecule has 0 unspecified atom stereocenters. The summed E-state index contributed by atoms with van der Waals surface area (Å²) in [6, 6.07) is 13.3. The number of carbonyl (C=O) groups is 1. The van der Waals surface area contributed by atoms with Gasteiger partial charge < -0.3 is 19.7 Å². The second-order valence-corrected chi connectivity index (χ2v) is 15.1. The first kappa shape index (κ1) is 33.1. The summed E-state index contributed by atoms with van der Waals surface area (Å²) in [6.45, 7) is 12.5. The van der Waals surface area contributed by atoms with E-state index in [1.165, 1.54) is 0 Å². The van der Waals surface area contributed by atoms with E-state index in [1.54, 1.807) is 17.3 Å². The van der Waals surface area contributed by atoms with Gasteiger partial charge in [0.25, 0.3) is 0 Å². The van der Waals surface area contributed by atoms with E-state index in [2.05, 4.69) is 15.3 Å². The molecule has 46 heavy (non-hydrogen) atoms. The van der Waals surface area contributed by atoms with E-state index in [0.29, 0.717) is 48.3 Å². The number of nitrogens with zero attached hydrogens (tertiary/aromatic N) is 4. The molecule has 1 fully saturated rings. The fourth-order valence-corrected chi connectivity index (χ4v) is 7.14. The summed E-state index contributed by atoms with van der Waals surface area (Å²) >= 11 is 0. The number of rotatable bonds is 9. The molecule has 4 aromatic rings. The molecule has 1 amide bonds. The van der Waals surface area contributed by atoms with Crippen molar-refractivity contribution in [3.63, 3.8) is 0 Å². The number of sulfone groups is 1.